The number of hydrogen-bond acceptors (Lipinski definition) is 4. The van der Waals surface area contributed by atoms with Crippen molar-refractivity contribution in [2.24, 2.45) is 0 Å². The van der Waals surface area contributed by atoms with Crippen molar-refractivity contribution in [2.75, 3.05) is 6.61 Å². The first-order valence-corrected chi connectivity index (χ1v) is 6.35. The number of carbonyl (C=O) groups is 1. The summed E-state index contributed by atoms with van der Waals surface area (Å²) in [4.78, 5) is 23.4. The molecule has 0 spiro atoms. The summed E-state index contributed by atoms with van der Waals surface area (Å²) in [6.45, 7) is 4.05. The van der Waals surface area contributed by atoms with E-state index in [1.165, 1.54) is 0 Å². The van der Waals surface area contributed by atoms with Crippen LogP contribution in [0.4, 0.5) is 0 Å². The monoisotopic (exact) mass is 270 g/mol. The molecule has 0 atom stereocenters. The van der Waals surface area contributed by atoms with Crippen LogP contribution in [0.1, 0.15) is 23.1 Å². The molecule has 0 aliphatic rings. The molecule has 6 nitrogen and oxygen atoms in total. The smallest absolute Gasteiger partial charge is 0.354 e. The molecule has 0 aromatic carbocycles. The number of aromatic amines is 1. The van der Waals surface area contributed by atoms with Crippen LogP contribution in [0.2, 0.25) is 0 Å². The van der Waals surface area contributed by atoms with Gasteiger partial charge in [0.15, 0.2) is 0 Å². The number of carbonyl (C=O) groups excluding carboxylic acids is 1. The topological polar surface area (TPSA) is 72.8 Å². The minimum absolute atomic E-state index is 0.348. The van der Waals surface area contributed by atoms with Crippen LogP contribution >= 0.6 is 0 Å². The van der Waals surface area contributed by atoms with Crippen LogP contribution in [0.15, 0.2) is 30.7 Å². The number of rotatable bonds is 3. The van der Waals surface area contributed by atoms with Gasteiger partial charge in [-0.25, -0.2) is 14.8 Å². The van der Waals surface area contributed by atoms with Crippen molar-refractivity contribution in [3.8, 4) is 5.82 Å². The summed E-state index contributed by atoms with van der Waals surface area (Å²) < 4.78 is 6.80. The Balaban J connectivity index is 2.01. The number of ether oxygens (including phenoxy) is 1. The molecule has 0 aliphatic carbocycles. The summed E-state index contributed by atoms with van der Waals surface area (Å²) in [6, 6.07) is 5.45. The third kappa shape index (κ3) is 2.16. The first-order chi connectivity index (χ1) is 9.67. The fourth-order valence-electron chi connectivity index (χ4n) is 2.01. The fourth-order valence-corrected chi connectivity index (χ4v) is 2.01. The van der Waals surface area contributed by atoms with E-state index in [-0.39, 0.29) is 5.97 Å². The van der Waals surface area contributed by atoms with Gasteiger partial charge >= 0.3 is 5.97 Å². The molecule has 3 aromatic rings. The molecule has 0 fully saturated rings. The summed E-state index contributed by atoms with van der Waals surface area (Å²) in [5, 5.41) is 0. The van der Waals surface area contributed by atoms with Crippen LogP contribution < -0.4 is 0 Å². The van der Waals surface area contributed by atoms with E-state index in [4.69, 9.17) is 4.74 Å². The minimum Gasteiger partial charge on any atom is -0.461 e. The Labute approximate surface area is 115 Å². The summed E-state index contributed by atoms with van der Waals surface area (Å²) >= 11 is 0. The highest BCUT2D eigenvalue weighted by Crippen LogP contribution is 2.16. The van der Waals surface area contributed by atoms with Gasteiger partial charge in [0.25, 0.3) is 0 Å². The Kier molecular flexibility index (Phi) is 2.98. The average Bonchev–Trinajstić information content (AvgIpc) is 3.04. The van der Waals surface area contributed by atoms with Crippen LogP contribution in [-0.4, -0.2) is 32.1 Å². The van der Waals surface area contributed by atoms with Gasteiger partial charge in [0.05, 0.1) is 23.3 Å². The van der Waals surface area contributed by atoms with E-state index >= 15 is 0 Å². The van der Waals surface area contributed by atoms with E-state index in [0.29, 0.717) is 12.3 Å². The third-order valence-electron chi connectivity index (χ3n) is 2.93. The van der Waals surface area contributed by atoms with E-state index in [0.717, 1.165) is 22.5 Å². The first-order valence-electron chi connectivity index (χ1n) is 6.35. The Morgan fingerprint density at radius 3 is 3.00 bits per heavy atom. The number of hydrogen-bond donors (Lipinski definition) is 1. The molecule has 0 saturated heterocycles. The predicted molar refractivity (Wildman–Crippen MR) is 73.9 cm³/mol. The molecule has 0 radical (unpaired) electrons. The van der Waals surface area contributed by atoms with Crippen LogP contribution in [-0.2, 0) is 4.74 Å². The lowest BCUT2D eigenvalue weighted by atomic mass is 10.3. The molecular formula is C14H14N4O2. The van der Waals surface area contributed by atoms with Gasteiger partial charge in [0.2, 0.25) is 0 Å². The van der Waals surface area contributed by atoms with E-state index in [2.05, 4.69) is 15.0 Å². The van der Waals surface area contributed by atoms with E-state index in [9.17, 15) is 4.79 Å². The maximum absolute atomic E-state index is 11.7. The highest BCUT2D eigenvalue weighted by Gasteiger charge is 2.11. The number of pyridine rings is 1. The van der Waals surface area contributed by atoms with Gasteiger partial charge in [0, 0.05) is 6.20 Å². The zero-order valence-corrected chi connectivity index (χ0v) is 11.3. The molecule has 20 heavy (non-hydrogen) atoms. The van der Waals surface area contributed by atoms with Gasteiger partial charge in [-0.15, -0.1) is 0 Å². The number of fused-ring (bicyclic) bond motifs is 1. The van der Waals surface area contributed by atoms with Gasteiger partial charge in [-0.2, -0.15) is 0 Å². The summed E-state index contributed by atoms with van der Waals surface area (Å²) in [7, 11) is 0. The van der Waals surface area contributed by atoms with Crippen LogP contribution in [0.5, 0.6) is 0 Å². The quantitative estimate of drug-likeness (QED) is 0.741. The number of nitrogens with zero attached hydrogens (tertiary/aromatic N) is 3. The second-order valence-electron chi connectivity index (χ2n) is 4.43. The molecule has 0 saturated carbocycles. The minimum atomic E-state index is -0.370. The van der Waals surface area contributed by atoms with Crippen LogP contribution in [0.3, 0.4) is 0 Å². The maximum Gasteiger partial charge on any atom is 0.354 e. The Morgan fingerprint density at radius 1 is 1.45 bits per heavy atom. The van der Waals surface area contributed by atoms with Gasteiger partial charge < -0.3 is 9.72 Å². The lowest BCUT2D eigenvalue weighted by molar-refractivity contribution is 0.0520. The van der Waals surface area contributed by atoms with Crippen molar-refractivity contribution >= 4 is 17.0 Å². The van der Waals surface area contributed by atoms with E-state index in [1.807, 2.05) is 29.8 Å². The molecule has 0 unspecified atom stereocenters. The Morgan fingerprint density at radius 2 is 2.30 bits per heavy atom. The second-order valence-corrected chi connectivity index (χ2v) is 4.43. The summed E-state index contributed by atoms with van der Waals surface area (Å²) in [5.74, 6) is 0.387. The van der Waals surface area contributed by atoms with Gasteiger partial charge in [0.1, 0.15) is 17.8 Å². The second kappa shape index (κ2) is 4.80. The maximum atomic E-state index is 11.7. The molecule has 3 heterocycles. The summed E-state index contributed by atoms with van der Waals surface area (Å²) in [6.07, 6.45) is 3.61. The molecule has 0 amide bonds. The van der Waals surface area contributed by atoms with Crippen LogP contribution in [0, 0.1) is 6.92 Å². The zero-order valence-electron chi connectivity index (χ0n) is 11.3. The molecule has 3 rings (SSSR count). The standard InChI is InChI=1S/C14H14N4O2/c1-3-20-14(19)12-6-11-10(16-12)4-5-13(17-11)18-7-9(2)15-8-18/h4-8,16H,3H2,1-2H3. The molecule has 102 valence electrons. The SMILES string of the molecule is CCOC(=O)c1cc2nc(-n3cnc(C)c3)ccc2[nH]1. The largest absolute Gasteiger partial charge is 0.461 e. The van der Waals surface area contributed by atoms with Crippen LogP contribution in [0.25, 0.3) is 16.9 Å². The van der Waals surface area contributed by atoms with E-state index in [1.54, 1.807) is 19.3 Å². The van der Waals surface area contributed by atoms with Crippen molar-refractivity contribution in [3.05, 3.63) is 42.1 Å². The number of aromatic nitrogens is 4. The molecule has 0 bridgehead atoms. The van der Waals surface area contributed by atoms with Crippen molar-refractivity contribution < 1.29 is 9.53 Å². The molecule has 0 aliphatic heterocycles. The molecule has 1 N–H and O–H groups in total. The number of esters is 1. The lowest BCUT2D eigenvalue weighted by Gasteiger charge is -1.99. The summed E-state index contributed by atoms with van der Waals surface area (Å²) in [5.41, 5.74) is 2.85. The zero-order chi connectivity index (χ0) is 14.1. The predicted octanol–water partition coefficient (Wildman–Crippen LogP) is 2.23. The molecule has 6 heteroatoms. The number of H-pyrrole nitrogens is 1. The number of aryl methyl sites for hydroxylation is 1. The normalized spacial score (nSPS) is 10.9. The average molecular weight is 270 g/mol. The lowest BCUT2D eigenvalue weighted by Crippen LogP contribution is -2.04. The third-order valence-corrected chi connectivity index (χ3v) is 2.93. The molecule has 3 aromatic heterocycles. The van der Waals surface area contributed by atoms with Gasteiger partial charge in [-0.1, -0.05) is 0 Å². The Bertz CT molecular complexity index is 772. The fraction of sp³-hybridized carbons (Fsp3) is 0.214. The molecular weight excluding hydrogens is 256 g/mol. The number of nitrogens with one attached hydrogen (secondary N) is 1. The van der Waals surface area contributed by atoms with Crippen molar-refractivity contribution in [1.82, 2.24) is 19.5 Å². The highest BCUT2D eigenvalue weighted by molar-refractivity contribution is 5.93. The first kappa shape index (κ1) is 12.4. The van der Waals surface area contributed by atoms with Crippen molar-refractivity contribution in [1.29, 1.82) is 0 Å². The van der Waals surface area contributed by atoms with E-state index < -0.39 is 0 Å². The van der Waals surface area contributed by atoms with Gasteiger partial charge in [-0.3, -0.25) is 4.57 Å². The Hall–Kier alpha value is -2.63. The van der Waals surface area contributed by atoms with Crippen molar-refractivity contribution in [3.63, 3.8) is 0 Å². The highest BCUT2D eigenvalue weighted by atomic mass is 16.5. The van der Waals surface area contributed by atoms with Gasteiger partial charge in [-0.05, 0) is 32.0 Å². The van der Waals surface area contributed by atoms with Crippen molar-refractivity contribution in [2.45, 2.75) is 13.8 Å². The number of imidazole rings is 1.